The number of para-hydroxylation sites is 1. The van der Waals surface area contributed by atoms with E-state index in [9.17, 15) is 9.59 Å². The van der Waals surface area contributed by atoms with Crippen molar-refractivity contribution in [2.75, 3.05) is 4.90 Å². The molecule has 1 aromatic carbocycles. The van der Waals surface area contributed by atoms with E-state index in [-0.39, 0.29) is 12.1 Å². The van der Waals surface area contributed by atoms with Gasteiger partial charge < -0.3 is 10.4 Å². The van der Waals surface area contributed by atoms with Gasteiger partial charge in [-0.2, -0.15) is 0 Å². The maximum atomic E-state index is 12.4. The highest BCUT2D eigenvalue weighted by Gasteiger charge is 2.30. The van der Waals surface area contributed by atoms with Crippen LogP contribution in [-0.4, -0.2) is 29.2 Å². The summed E-state index contributed by atoms with van der Waals surface area (Å²) in [6.45, 7) is 3.73. The second-order valence-corrected chi connectivity index (χ2v) is 5.13. The number of aliphatic carboxylic acids is 1. The predicted molar refractivity (Wildman–Crippen MR) is 77.0 cm³/mol. The third-order valence-corrected chi connectivity index (χ3v) is 3.75. The number of carbonyl (C=O) groups is 2. The van der Waals surface area contributed by atoms with E-state index in [0.717, 1.165) is 24.1 Å². The van der Waals surface area contributed by atoms with Gasteiger partial charge in [0.15, 0.2) is 0 Å². The van der Waals surface area contributed by atoms with Gasteiger partial charge in [-0.25, -0.2) is 9.59 Å². The molecule has 0 fully saturated rings. The maximum Gasteiger partial charge on any atom is 0.326 e. The number of hydrogen-bond acceptors (Lipinski definition) is 2. The van der Waals surface area contributed by atoms with Crippen LogP contribution in [0.4, 0.5) is 10.5 Å². The molecule has 2 rings (SSSR count). The molecule has 2 N–H and O–H groups in total. The number of anilines is 1. The molecule has 0 saturated heterocycles. The third-order valence-electron chi connectivity index (χ3n) is 3.75. The van der Waals surface area contributed by atoms with E-state index in [1.165, 1.54) is 0 Å². The maximum absolute atomic E-state index is 12.4. The number of hydrogen-bond donors (Lipinski definition) is 2. The molecule has 1 aromatic rings. The second-order valence-electron chi connectivity index (χ2n) is 5.13. The number of rotatable bonds is 3. The molecule has 2 atom stereocenters. The molecule has 108 valence electrons. The average Bonchev–Trinajstić information content (AvgIpc) is 2.44. The van der Waals surface area contributed by atoms with Crippen LogP contribution >= 0.6 is 0 Å². The van der Waals surface area contributed by atoms with E-state index in [1.807, 2.05) is 31.2 Å². The smallest absolute Gasteiger partial charge is 0.326 e. The first kappa shape index (κ1) is 14.4. The van der Waals surface area contributed by atoms with Crippen LogP contribution in [0.5, 0.6) is 0 Å². The van der Waals surface area contributed by atoms with Crippen LogP contribution in [0.15, 0.2) is 24.3 Å². The van der Waals surface area contributed by atoms with Gasteiger partial charge in [0.25, 0.3) is 0 Å². The molecule has 1 heterocycles. The Labute approximate surface area is 118 Å². The number of carboxylic acids is 1. The number of nitrogens with one attached hydrogen (secondary N) is 1. The Hall–Kier alpha value is -2.04. The highest BCUT2D eigenvalue weighted by molar-refractivity contribution is 5.96. The summed E-state index contributed by atoms with van der Waals surface area (Å²) in [6, 6.07) is 6.66. The molecule has 0 aliphatic carbocycles. The van der Waals surface area contributed by atoms with Crippen LogP contribution in [0.25, 0.3) is 0 Å². The fourth-order valence-electron chi connectivity index (χ4n) is 2.55. The first-order valence-electron chi connectivity index (χ1n) is 6.95. The van der Waals surface area contributed by atoms with Crippen LogP contribution in [0, 0.1) is 0 Å². The number of benzene rings is 1. The lowest BCUT2D eigenvalue weighted by molar-refractivity contribution is -0.139. The molecule has 1 aliphatic rings. The lowest BCUT2D eigenvalue weighted by Crippen LogP contribution is -2.52. The normalized spacial score (nSPS) is 19.1. The van der Waals surface area contributed by atoms with Crippen molar-refractivity contribution in [2.45, 2.75) is 45.2 Å². The molecule has 20 heavy (non-hydrogen) atoms. The third kappa shape index (κ3) is 2.76. The summed E-state index contributed by atoms with van der Waals surface area (Å²) in [5.41, 5.74) is 2.01. The summed E-state index contributed by atoms with van der Waals surface area (Å²) in [6.07, 6.45) is 2.19. The summed E-state index contributed by atoms with van der Waals surface area (Å²) in [7, 11) is 0. The molecule has 1 unspecified atom stereocenters. The van der Waals surface area contributed by atoms with Gasteiger partial charge in [-0.1, -0.05) is 25.1 Å². The van der Waals surface area contributed by atoms with Crippen molar-refractivity contribution < 1.29 is 14.7 Å². The fraction of sp³-hybridized carbons (Fsp3) is 0.467. The van der Waals surface area contributed by atoms with Gasteiger partial charge in [0.2, 0.25) is 0 Å². The number of carboxylic acid groups (broad SMARTS) is 1. The largest absolute Gasteiger partial charge is 0.480 e. The van der Waals surface area contributed by atoms with Crippen LogP contribution < -0.4 is 10.2 Å². The molecule has 2 amide bonds. The Morgan fingerprint density at radius 3 is 2.80 bits per heavy atom. The Kier molecular flexibility index (Phi) is 4.27. The zero-order valence-corrected chi connectivity index (χ0v) is 11.8. The minimum atomic E-state index is -1.00. The van der Waals surface area contributed by atoms with Gasteiger partial charge in [0.1, 0.15) is 6.04 Å². The number of nitrogens with zero attached hydrogens (tertiary/aromatic N) is 1. The van der Waals surface area contributed by atoms with Crippen molar-refractivity contribution in [3.8, 4) is 0 Å². The zero-order valence-electron chi connectivity index (χ0n) is 11.8. The number of urea groups is 1. The Morgan fingerprint density at radius 1 is 1.45 bits per heavy atom. The summed E-state index contributed by atoms with van der Waals surface area (Å²) >= 11 is 0. The van der Waals surface area contributed by atoms with Crippen molar-refractivity contribution in [1.82, 2.24) is 5.32 Å². The van der Waals surface area contributed by atoms with Crippen LogP contribution in [0.3, 0.4) is 0 Å². The molecule has 0 radical (unpaired) electrons. The zero-order chi connectivity index (χ0) is 14.7. The molecule has 0 aromatic heterocycles. The van der Waals surface area contributed by atoms with E-state index in [4.69, 9.17) is 5.11 Å². The minimum absolute atomic E-state index is 0.0659. The topological polar surface area (TPSA) is 69.6 Å². The molecule has 0 spiro atoms. The highest BCUT2D eigenvalue weighted by atomic mass is 16.4. The fourth-order valence-corrected chi connectivity index (χ4v) is 2.55. The predicted octanol–water partition coefficient (Wildman–Crippen LogP) is 2.40. The SMILES string of the molecule is CC[C@@H](NC(=O)N1c2ccccc2CCC1C)C(=O)O. The minimum Gasteiger partial charge on any atom is -0.480 e. The molecule has 5 heteroatoms. The molecule has 0 saturated carbocycles. The number of amides is 2. The lowest BCUT2D eigenvalue weighted by Gasteiger charge is -2.35. The van der Waals surface area contributed by atoms with Gasteiger partial charge in [-0.05, 0) is 37.8 Å². The van der Waals surface area contributed by atoms with Crippen LogP contribution in [0.2, 0.25) is 0 Å². The van der Waals surface area contributed by atoms with Crippen LogP contribution in [0.1, 0.15) is 32.3 Å². The standard InChI is InChI=1S/C15H20N2O3/c1-3-12(14(18)19)16-15(20)17-10(2)8-9-11-6-4-5-7-13(11)17/h4-7,10,12H,3,8-9H2,1-2H3,(H,16,20)(H,18,19)/t10?,12-/m1/s1. The Morgan fingerprint density at radius 2 is 2.15 bits per heavy atom. The molecule has 1 aliphatic heterocycles. The monoisotopic (exact) mass is 276 g/mol. The molecular weight excluding hydrogens is 256 g/mol. The van der Waals surface area contributed by atoms with Gasteiger partial charge in [0, 0.05) is 11.7 Å². The van der Waals surface area contributed by atoms with Gasteiger partial charge in [0.05, 0.1) is 0 Å². The van der Waals surface area contributed by atoms with E-state index >= 15 is 0 Å². The van der Waals surface area contributed by atoms with Crippen molar-refractivity contribution in [3.63, 3.8) is 0 Å². The number of fused-ring (bicyclic) bond motifs is 1. The quantitative estimate of drug-likeness (QED) is 0.890. The lowest BCUT2D eigenvalue weighted by atomic mass is 9.97. The Balaban J connectivity index is 2.23. The summed E-state index contributed by atoms with van der Waals surface area (Å²) in [5, 5.41) is 11.6. The summed E-state index contributed by atoms with van der Waals surface area (Å²) in [5.74, 6) is -1.00. The van der Waals surface area contributed by atoms with Crippen molar-refractivity contribution in [2.24, 2.45) is 0 Å². The van der Waals surface area contributed by atoms with Crippen molar-refractivity contribution in [1.29, 1.82) is 0 Å². The Bertz CT molecular complexity index is 516. The van der Waals surface area contributed by atoms with E-state index in [1.54, 1.807) is 11.8 Å². The highest BCUT2D eigenvalue weighted by Crippen LogP contribution is 2.30. The number of aryl methyl sites for hydroxylation is 1. The van der Waals surface area contributed by atoms with E-state index < -0.39 is 12.0 Å². The van der Waals surface area contributed by atoms with E-state index in [2.05, 4.69) is 5.32 Å². The first-order chi connectivity index (χ1) is 9.54. The average molecular weight is 276 g/mol. The van der Waals surface area contributed by atoms with Crippen molar-refractivity contribution in [3.05, 3.63) is 29.8 Å². The van der Waals surface area contributed by atoms with Gasteiger partial charge >= 0.3 is 12.0 Å². The first-order valence-corrected chi connectivity index (χ1v) is 6.95. The molecular formula is C15H20N2O3. The molecule has 5 nitrogen and oxygen atoms in total. The summed E-state index contributed by atoms with van der Waals surface area (Å²) < 4.78 is 0. The van der Waals surface area contributed by atoms with Crippen LogP contribution in [-0.2, 0) is 11.2 Å². The van der Waals surface area contributed by atoms with E-state index in [0.29, 0.717) is 6.42 Å². The van der Waals surface area contributed by atoms with Gasteiger partial charge in [-0.3, -0.25) is 4.90 Å². The molecule has 0 bridgehead atoms. The van der Waals surface area contributed by atoms with Crippen molar-refractivity contribution >= 4 is 17.7 Å². The van der Waals surface area contributed by atoms with Gasteiger partial charge in [-0.15, -0.1) is 0 Å². The number of carbonyl (C=O) groups excluding carboxylic acids is 1. The second kappa shape index (κ2) is 5.94. The summed E-state index contributed by atoms with van der Waals surface area (Å²) in [4.78, 5) is 25.1.